The monoisotopic (exact) mass is 394 g/mol. The Morgan fingerprint density at radius 3 is 2.52 bits per heavy atom. The molecule has 8 heteroatoms. The van der Waals surface area contributed by atoms with Crippen molar-refractivity contribution in [2.24, 2.45) is 0 Å². The number of methoxy groups -OCH3 is 1. The number of hydrogen-bond acceptors (Lipinski definition) is 5. The van der Waals surface area contributed by atoms with Gasteiger partial charge in [0.2, 0.25) is 5.91 Å². The number of rotatable bonds is 6. The fourth-order valence-electron chi connectivity index (χ4n) is 3.65. The maximum Gasteiger partial charge on any atom is 0.251 e. The molecule has 1 saturated heterocycles. The van der Waals surface area contributed by atoms with E-state index >= 15 is 0 Å². The van der Waals surface area contributed by atoms with Crippen molar-refractivity contribution in [3.05, 3.63) is 29.8 Å². The van der Waals surface area contributed by atoms with Gasteiger partial charge in [-0.1, -0.05) is 25.3 Å². The molecule has 2 fully saturated rings. The Bertz CT molecular complexity index is 796. The van der Waals surface area contributed by atoms with Gasteiger partial charge in [0.25, 0.3) is 5.91 Å². The van der Waals surface area contributed by atoms with Crippen molar-refractivity contribution in [1.29, 1.82) is 0 Å². The predicted molar refractivity (Wildman–Crippen MR) is 101 cm³/mol. The second-order valence-corrected chi connectivity index (χ2v) is 9.70. The van der Waals surface area contributed by atoms with Crippen molar-refractivity contribution >= 4 is 21.7 Å². The van der Waals surface area contributed by atoms with Gasteiger partial charge in [0.15, 0.2) is 9.84 Å². The summed E-state index contributed by atoms with van der Waals surface area (Å²) in [6.45, 7) is 0.311. The van der Waals surface area contributed by atoms with Crippen LogP contribution in [0.2, 0.25) is 0 Å². The van der Waals surface area contributed by atoms with Crippen LogP contribution in [0.5, 0.6) is 5.75 Å². The highest BCUT2D eigenvalue weighted by atomic mass is 32.2. The summed E-state index contributed by atoms with van der Waals surface area (Å²) >= 11 is 0. The van der Waals surface area contributed by atoms with E-state index in [4.69, 9.17) is 4.74 Å². The van der Waals surface area contributed by atoms with E-state index < -0.39 is 15.1 Å². The quantitative estimate of drug-likeness (QED) is 0.787. The Balaban J connectivity index is 1.47. The van der Waals surface area contributed by atoms with Gasteiger partial charge in [-0.2, -0.15) is 0 Å². The molecular weight excluding hydrogens is 368 g/mol. The normalized spacial score (nSPS) is 18.6. The number of amides is 2. The van der Waals surface area contributed by atoms with Crippen LogP contribution in [0, 0.1) is 0 Å². The molecular formula is C19H26N2O5S. The molecule has 7 nitrogen and oxygen atoms in total. The fourth-order valence-corrected chi connectivity index (χ4v) is 5.96. The first-order valence-electron chi connectivity index (χ1n) is 9.34. The molecule has 0 atom stereocenters. The number of benzene rings is 1. The zero-order valence-corrected chi connectivity index (χ0v) is 16.3. The minimum atomic E-state index is -3.17. The van der Waals surface area contributed by atoms with E-state index in [0.29, 0.717) is 11.3 Å². The van der Waals surface area contributed by atoms with Gasteiger partial charge in [-0.05, 0) is 31.0 Å². The second-order valence-electron chi connectivity index (χ2n) is 7.18. The summed E-state index contributed by atoms with van der Waals surface area (Å²) in [5.74, 6) is -0.0667. The average molecular weight is 394 g/mol. The van der Waals surface area contributed by atoms with Crippen molar-refractivity contribution in [3.63, 3.8) is 0 Å². The summed E-state index contributed by atoms with van der Waals surface area (Å²) in [5, 5.41) is 1.87. The highest BCUT2D eigenvalue weighted by molar-refractivity contribution is 7.92. The zero-order chi connectivity index (χ0) is 19.4. The smallest absolute Gasteiger partial charge is 0.251 e. The van der Waals surface area contributed by atoms with Crippen molar-refractivity contribution in [2.75, 3.05) is 26.7 Å². The van der Waals surface area contributed by atoms with Gasteiger partial charge < -0.3 is 15.0 Å². The highest BCUT2D eigenvalue weighted by Gasteiger charge is 2.43. The van der Waals surface area contributed by atoms with Crippen LogP contribution in [-0.2, 0) is 14.6 Å². The first-order chi connectivity index (χ1) is 12.9. The van der Waals surface area contributed by atoms with Crippen molar-refractivity contribution in [1.82, 2.24) is 10.2 Å². The van der Waals surface area contributed by atoms with E-state index in [1.807, 2.05) is 0 Å². The summed E-state index contributed by atoms with van der Waals surface area (Å²) in [5.41, 5.74) is 0.406. The van der Waals surface area contributed by atoms with Crippen LogP contribution in [-0.4, -0.2) is 62.4 Å². The van der Waals surface area contributed by atoms with E-state index in [9.17, 15) is 18.0 Å². The fraction of sp³-hybridized carbons (Fsp3) is 0.579. The first kappa shape index (κ1) is 19.7. The van der Waals surface area contributed by atoms with Gasteiger partial charge in [0.05, 0.1) is 24.2 Å². The number of hydrogen-bond donors (Lipinski definition) is 1. The van der Waals surface area contributed by atoms with Crippen molar-refractivity contribution < 1.29 is 22.7 Å². The summed E-state index contributed by atoms with van der Waals surface area (Å²) in [7, 11) is -1.65. The number of nitrogens with one attached hydrogen (secondary N) is 1. The van der Waals surface area contributed by atoms with E-state index in [1.165, 1.54) is 12.0 Å². The summed E-state index contributed by atoms with van der Waals surface area (Å²) in [6.07, 6.45) is 4.52. The third-order valence-electron chi connectivity index (χ3n) is 5.41. The third kappa shape index (κ3) is 4.43. The van der Waals surface area contributed by atoms with Crippen molar-refractivity contribution in [2.45, 2.75) is 42.6 Å². The number of ether oxygens (including phenoxy) is 1. The van der Waals surface area contributed by atoms with Gasteiger partial charge in [-0.25, -0.2) is 8.42 Å². The number of sulfone groups is 1. The molecule has 1 N–H and O–H groups in total. The topological polar surface area (TPSA) is 92.8 Å². The Labute approximate surface area is 160 Å². The van der Waals surface area contributed by atoms with Crippen molar-refractivity contribution in [3.8, 4) is 5.75 Å². The maximum atomic E-state index is 12.6. The molecule has 3 rings (SSSR count). The van der Waals surface area contributed by atoms with E-state index in [1.54, 1.807) is 24.3 Å². The van der Waals surface area contributed by atoms with Crippen LogP contribution in [0.15, 0.2) is 24.3 Å². The molecule has 1 aliphatic carbocycles. The second kappa shape index (κ2) is 8.29. The third-order valence-corrected chi connectivity index (χ3v) is 8.04. The largest absolute Gasteiger partial charge is 0.497 e. The summed E-state index contributed by atoms with van der Waals surface area (Å²) < 4.78 is 30.3. The Hall–Kier alpha value is -2.09. The lowest BCUT2D eigenvalue weighted by Gasteiger charge is -2.40. The highest BCUT2D eigenvalue weighted by Crippen LogP contribution is 2.29. The van der Waals surface area contributed by atoms with Crippen LogP contribution in [0.25, 0.3) is 0 Å². The van der Waals surface area contributed by atoms with Gasteiger partial charge in [-0.15, -0.1) is 0 Å². The van der Waals surface area contributed by atoms with Gasteiger partial charge in [0, 0.05) is 18.7 Å². The van der Waals surface area contributed by atoms with Gasteiger partial charge >= 0.3 is 0 Å². The van der Waals surface area contributed by atoms with Crippen LogP contribution in [0.4, 0.5) is 0 Å². The number of carbonyl (C=O) groups excluding carboxylic acids is 2. The molecule has 0 aromatic heterocycles. The van der Waals surface area contributed by atoms with Crippen LogP contribution in [0.3, 0.4) is 0 Å². The summed E-state index contributed by atoms with van der Waals surface area (Å²) in [6, 6.07) is 6.66. The zero-order valence-electron chi connectivity index (χ0n) is 15.5. The molecule has 0 bridgehead atoms. The number of nitrogens with zero attached hydrogens (tertiary/aromatic N) is 1. The number of carbonyl (C=O) groups is 2. The lowest BCUT2D eigenvalue weighted by Crippen LogP contribution is -2.60. The molecule has 2 amide bonds. The van der Waals surface area contributed by atoms with Crippen LogP contribution in [0.1, 0.15) is 42.5 Å². The molecule has 2 aliphatic rings. The van der Waals surface area contributed by atoms with E-state index in [0.717, 1.165) is 32.1 Å². The molecule has 1 heterocycles. The summed E-state index contributed by atoms with van der Waals surface area (Å²) in [4.78, 5) is 25.9. The number of likely N-dealkylation sites (tertiary alicyclic amines) is 1. The lowest BCUT2D eigenvalue weighted by atomic mass is 10.0. The maximum absolute atomic E-state index is 12.6. The lowest BCUT2D eigenvalue weighted by molar-refractivity contribution is -0.133. The molecule has 1 aliphatic heterocycles. The van der Waals surface area contributed by atoms with Gasteiger partial charge in [0.1, 0.15) is 5.75 Å². The minimum absolute atomic E-state index is 0.147. The Kier molecular flexibility index (Phi) is 6.04. The van der Waals surface area contributed by atoms with E-state index in [-0.39, 0.29) is 36.7 Å². The van der Waals surface area contributed by atoms with E-state index in [2.05, 4.69) is 5.32 Å². The molecule has 27 heavy (non-hydrogen) atoms. The molecule has 1 aromatic carbocycles. The molecule has 1 aromatic rings. The predicted octanol–water partition coefficient (Wildman–Crippen LogP) is 1.38. The van der Waals surface area contributed by atoms with Crippen LogP contribution < -0.4 is 10.1 Å². The SMILES string of the molecule is COc1cccc(C(=O)NCC(=O)N2CC(S(=O)(=O)C3CCCCC3)C2)c1. The molecule has 0 spiro atoms. The van der Waals surface area contributed by atoms with Crippen LogP contribution >= 0.6 is 0 Å². The molecule has 1 saturated carbocycles. The van der Waals surface area contributed by atoms with Gasteiger partial charge in [-0.3, -0.25) is 9.59 Å². The standard InChI is InChI=1S/C19H26N2O5S/c1-26-15-7-5-6-14(10-15)19(23)20-11-18(22)21-12-17(13-21)27(24,25)16-8-3-2-4-9-16/h5-7,10,16-17H,2-4,8-9,11-13H2,1H3,(H,20,23). The molecule has 0 radical (unpaired) electrons. The first-order valence-corrected chi connectivity index (χ1v) is 11.0. The Morgan fingerprint density at radius 1 is 1.15 bits per heavy atom. The molecule has 148 valence electrons. The minimum Gasteiger partial charge on any atom is -0.497 e. The average Bonchev–Trinajstić information content (AvgIpc) is 2.65. The molecule has 0 unspecified atom stereocenters. The Morgan fingerprint density at radius 2 is 1.85 bits per heavy atom.